The van der Waals surface area contributed by atoms with Crippen molar-refractivity contribution in [3.8, 4) is 0 Å². The Kier molecular flexibility index (Phi) is 6.09. The van der Waals surface area contributed by atoms with Crippen LogP contribution in [0.2, 0.25) is 0 Å². The number of guanidine groups is 1. The number of anilines is 1. The van der Waals surface area contributed by atoms with E-state index in [2.05, 4.69) is 26.3 Å². The maximum absolute atomic E-state index is 11.9. The molecule has 2 aromatic rings. The van der Waals surface area contributed by atoms with Gasteiger partial charge in [0.1, 0.15) is 5.76 Å². The molecular formula is C19H23N5O3. The Morgan fingerprint density at radius 3 is 2.85 bits per heavy atom. The number of benzene rings is 1. The lowest BCUT2D eigenvalue weighted by Crippen LogP contribution is -2.44. The predicted molar refractivity (Wildman–Crippen MR) is 102 cm³/mol. The first-order valence-corrected chi connectivity index (χ1v) is 8.78. The SMILES string of the molecule is CN=C(NCC(=O)NCc1ccco1)NCC1CC(=O)Nc2ccccc21. The zero-order valence-electron chi connectivity index (χ0n) is 15.1. The van der Waals surface area contributed by atoms with Crippen molar-refractivity contribution in [3.05, 3.63) is 54.0 Å². The number of hydrogen-bond donors (Lipinski definition) is 4. The summed E-state index contributed by atoms with van der Waals surface area (Å²) >= 11 is 0. The maximum atomic E-state index is 11.9. The van der Waals surface area contributed by atoms with Crippen LogP contribution in [0, 0.1) is 0 Å². The average Bonchev–Trinajstić information content (AvgIpc) is 3.19. The molecule has 1 aromatic heterocycles. The van der Waals surface area contributed by atoms with Gasteiger partial charge in [0.25, 0.3) is 0 Å². The number of aliphatic imine (C=N–C) groups is 1. The van der Waals surface area contributed by atoms with E-state index in [1.165, 1.54) is 0 Å². The Balaban J connectivity index is 1.47. The number of fused-ring (bicyclic) bond motifs is 1. The minimum atomic E-state index is -0.170. The van der Waals surface area contributed by atoms with Gasteiger partial charge < -0.3 is 25.7 Å². The van der Waals surface area contributed by atoms with Gasteiger partial charge in [-0.1, -0.05) is 18.2 Å². The van der Waals surface area contributed by atoms with Crippen molar-refractivity contribution in [1.82, 2.24) is 16.0 Å². The monoisotopic (exact) mass is 369 g/mol. The van der Waals surface area contributed by atoms with E-state index in [1.807, 2.05) is 24.3 Å². The zero-order chi connectivity index (χ0) is 19.1. The summed E-state index contributed by atoms with van der Waals surface area (Å²) in [5, 5.41) is 11.8. The third-order valence-electron chi connectivity index (χ3n) is 4.30. The lowest BCUT2D eigenvalue weighted by atomic mass is 9.90. The number of nitrogens with zero attached hydrogens (tertiary/aromatic N) is 1. The molecule has 27 heavy (non-hydrogen) atoms. The Morgan fingerprint density at radius 1 is 1.22 bits per heavy atom. The van der Waals surface area contributed by atoms with Gasteiger partial charge in [0.05, 0.1) is 19.4 Å². The quantitative estimate of drug-likeness (QED) is 0.452. The molecule has 8 nitrogen and oxygen atoms in total. The van der Waals surface area contributed by atoms with Gasteiger partial charge in [-0.25, -0.2) is 0 Å². The van der Waals surface area contributed by atoms with Gasteiger partial charge in [-0.05, 0) is 23.8 Å². The van der Waals surface area contributed by atoms with Gasteiger partial charge in [-0.3, -0.25) is 14.6 Å². The van der Waals surface area contributed by atoms with Crippen LogP contribution in [0.25, 0.3) is 0 Å². The summed E-state index contributed by atoms with van der Waals surface area (Å²) in [6, 6.07) is 11.3. The summed E-state index contributed by atoms with van der Waals surface area (Å²) in [7, 11) is 1.64. The molecule has 2 amide bonds. The molecule has 0 bridgehead atoms. The fraction of sp³-hybridized carbons (Fsp3) is 0.316. The third kappa shape index (κ3) is 5.10. The van der Waals surface area contributed by atoms with Crippen molar-refractivity contribution in [2.24, 2.45) is 4.99 Å². The second-order valence-corrected chi connectivity index (χ2v) is 6.20. The van der Waals surface area contributed by atoms with Crippen molar-refractivity contribution in [3.63, 3.8) is 0 Å². The molecule has 1 atom stereocenters. The fourth-order valence-electron chi connectivity index (χ4n) is 2.95. The highest BCUT2D eigenvalue weighted by Crippen LogP contribution is 2.31. The van der Waals surface area contributed by atoms with E-state index in [-0.39, 0.29) is 24.3 Å². The van der Waals surface area contributed by atoms with Crippen LogP contribution in [-0.2, 0) is 16.1 Å². The van der Waals surface area contributed by atoms with Crippen LogP contribution < -0.4 is 21.3 Å². The number of hydrogen-bond acceptors (Lipinski definition) is 4. The molecule has 1 aliphatic rings. The van der Waals surface area contributed by atoms with Crippen LogP contribution in [0.15, 0.2) is 52.1 Å². The second-order valence-electron chi connectivity index (χ2n) is 6.20. The van der Waals surface area contributed by atoms with E-state index in [9.17, 15) is 9.59 Å². The lowest BCUT2D eigenvalue weighted by molar-refractivity contribution is -0.120. The Labute approximate surface area is 157 Å². The van der Waals surface area contributed by atoms with Crippen molar-refractivity contribution < 1.29 is 14.0 Å². The number of amides is 2. The van der Waals surface area contributed by atoms with Gasteiger partial charge in [-0.15, -0.1) is 0 Å². The molecule has 0 fully saturated rings. The summed E-state index contributed by atoms with van der Waals surface area (Å²) < 4.78 is 5.17. The Hall–Kier alpha value is -3.29. The normalized spacial score (nSPS) is 16.3. The molecule has 1 aromatic carbocycles. The molecule has 0 spiro atoms. The van der Waals surface area contributed by atoms with Crippen molar-refractivity contribution in [2.75, 3.05) is 25.5 Å². The number of furan rings is 1. The second kappa shape index (κ2) is 8.88. The number of rotatable bonds is 6. The molecule has 4 N–H and O–H groups in total. The summed E-state index contributed by atoms with van der Waals surface area (Å²) in [5.74, 6) is 1.07. The molecule has 1 unspecified atom stereocenters. The van der Waals surface area contributed by atoms with Crippen LogP contribution in [0.4, 0.5) is 5.69 Å². The number of carbonyl (C=O) groups excluding carboxylic acids is 2. The van der Waals surface area contributed by atoms with Crippen LogP contribution in [-0.4, -0.2) is 37.9 Å². The van der Waals surface area contributed by atoms with Crippen LogP contribution in [0.3, 0.4) is 0 Å². The molecule has 1 aliphatic heterocycles. The first-order chi connectivity index (χ1) is 13.2. The molecule has 0 saturated heterocycles. The Morgan fingerprint density at radius 2 is 2.07 bits per heavy atom. The summed E-state index contributed by atoms with van der Waals surface area (Å²) in [5.41, 5.74) is 1.94. The fourth-order valence-corrected chi connectivity index (χ4v) is 2.95. The highest BCUT2D eigenvalue weighted by Gasteiger charge is 2.24. The predicted octanol–water partition coefficient (Wildman–Crippen LogP) is 1.19. The molecule has 0 radical (unpaired) electrons. The summed E-state index contributed by atoms with van der Waals surface area (Å²) in [6.45, 7) is 0.966. The zero-order valence-corrected chi connectivity index (χ0v) is 15.1. The van der Waals surface area contributed by atoms with E-state index in [0.29, 0.717) is 31.2 Å². The molecule has 3 rings (SSSR count). The van der Waals surface area contributed by atoms with E-state index >= 15 is 0 Å². The number of nitrogens with one attached hydrogen (secondary N) is 4. The largest absolute Gasteiger partial charge is 0.467 e. The molecule has 0 aliphatic carbocycles. The minimum absolute atomic E-state index is 0.000695. The Bertz CT molecular complexity index is 817. The van der Waals surface area contributed by atoms with E-state index < -0.39 is 0 Å². The van der Waals surface area contributed by atoms with Crippen molar-refractivity contribution >= 4 is 23.5 Å². The average molecular weight is 369 g/mol. The highest BCUT2D eigenvalue weighted by atomic mass is 16.3. The van der Waals surface area contributed by atoms with Gasteiger partial charge in [0, 0.05) is 31.6 Å². The minimum Gasteiger partial charge on any atom is -0.467 e. The molecule has 8 heteroatoms. The first kappa shape index (κ1) is 18.5. The van der Waals surface area contributed by atoms with Gasteiger partial charge >= 0.3 is 0 Å². The topological polar surface area (TPSA) is 108 Å². The van der Waals surface area contributed by atoms with E-state index in [1.54, 1.807) is 25.4 Å². The molecule has 0 saturated carbocycles. The van der Waals surface area contributed by atoms with Crippen molar-refractivity contribution in [2.45, 2.75) is 18.9 Å². The maximum Gasteiger partial charge on any atom is 0.239 e. The third-order valence-corrected chi connectivity index (χ3v) is 4.30. The van der Waals surface area contributed by atoms with E-state index in [0.717, 1.165) is 11.3 Å². The van der Waals surface area contributed by atoms with Crippen molar-refractivity contribution in [1.29, 1.82) is 0 Å². The van der Waals surface area contributed by atoms with Crippen LogP contribution in [0.1, 0.15) is 23.7 Å². The summed E-state index contributed by atoms with van der Waals surface area (Å²) in [4.78, 5) is 27.9. The van der Waals surface area contributed by atoms with Gasteiger partial charge in [-0.2, -0.15) is 0 Å². The van der Waals surface area contributed by atoms with E-state index in [4.69, 9.17) is 4.42 Å². The molecule has 142 valence electrons. The van der Waals surface area contributed by atoms with Gasteiger partial charge in [0.2, 0.25) is 11.8 Å². The number of para-hydroxylation sites is 1. The first-order valence-electron chi connectivity index (χ1n) is 8.78. The standard InChI is InChI=1S/C19H23N5O3/c1-20-19(23-12-18(26)21-11-14-5-4-8-27-14)22-10-13-9-17(25)24-16-7-3-2-6-15(13)16/h2-8,13H,9-12H2,1H3,(H,21,26)(H,24,25)(H2,20,22,23). The number of carbonyl (C=O) groups is 2. The molecular weight excluding hydrogens is 346 g/mol. The lowest BCUT2D eigenvalue weighted by Gasteiger charge is -2.26. The highest BCUT2D eigenvalue weighted by molar-refractivity contribution is 5.95. The molecule has 2 heterocycles. The summed E-state index contributed by atoms with van der Waals surface area (Å²) in [6.07, 6.45) is 1.97. The smallest absolute Gasteiger partial charge is 0.239 e. The van der Waals surface area contributed by atoms with Gasteiger partial charge in [0.15, 0.2) is 5.96 Å². The van der Waals surface area contributed by atoms with Crippen LogP contribution >= 0.6 is 0 Å². The van der Waals surface area contributed by atoms with Crippen LogP contribution in [0.5, 0.6) is 0 Å².